The van der Waals surface area contributed by atoms with Crippen LogP contribution in [-0.2, 0) is 16.0 Å². The lowest BCUT2D eigenvalue weighted by Crippen LogP contribution is -2.24. The molecule has 1 aliphatic heterocycles. The minimum atomic E-state index is 0.186. The van der Waals surface area contributed by atoms with Gasteiger partial charge in [-0.15, -0.1) is 0 Å². The zero-order chi connectivity index (χ0) is 12.1. The number of hydrogen-bond acceptors (Lipinski definition) is 3. The van der Waals surface area contributed by atoms with Crippen LogP contribution in [-0.4, -0.2) is 26.1 Å². The molecule has 1 aliphatic rings. The van der Waals surface area contributed by atoms with E-state index in [4.69, 9.17) is 9.47 Å². The van der Waals surface area contributed by atoms with E-state index in [1.807, 2.05) is 24.3 Å². The predicted molar refractivity (Wildman–Crippen MR) is 65.2 cm³/mol. The van der Waals surface area contributed by atoms with Gasteiger partial charge in [0.25, 0.3) is 0 Å². The first-order valence-corrected chi connectivity index (χ1v) is 6.03. The Bertz CT molecular complexity index is 364. The van der Waals surface area contributed by atoms with Crippen molar-refractivity contribution in [3.8, 4) is 5.75 Å². The fourth-order valence-corrected chi connectivity index (χ4v) is 2.11. The van der Waals surface area contributed by atoms with E-state index < -0.39 is 0 Å². The molecule has 1 aromatic rings. The molecule has 0 aliphatic carbocycles. The summed E-state index contributed by atoms with van der Waals surface area (Å²) in [5.74, 6) is 1.34. The van der Waals surface area contributed by atoms with Crippen LogP contribution in [0.25, 0.3) is 0 Å². The predicted octanol–water partition coefficient (Wildman–Crippen LogP) is 2.23. The van der Waals surface area contributed by atoms with Crippen molar-refractivity contribution in [3.05, 3.63) is 29.8 Å². The van der Waals surface area contributed by atoms with Crippen LogP contribution in [0.3, 0.4) is 0 Å². The number of carbonyl (C=O) groups is 1. The molecule has 1 heterocycles. The summed E-state index contributed by atoms with van der Waals surface area (Å²) < 4.78 is 10.4. The maximum absolute atomic E-state index is 12.0. The summed E-state index contributed by atoms with van der Waals surface area (Å²) in [6, 6.07) is 7.70. The van der Waals surface area contributed by atoms with Gasteiger partial charge in [-0.25, -0.2) is 0 Å². The van der Waals surface area contributed by atoms with E-state index in [0.29, 0.717) is 12.2 Å². The summed E-state index contributed by atoms with van der Waals surface area (Å²) in [7, 11) is 1.64. The zero-order valence-corrected chi connectivity index (χ0v) is 10.1. The number of ketones is 1. The molecule has 0 spiro atoms. The third-order valence-corrected chi connectivity index (χ3v) is 3.21. The van der Waals surface area contributed by atoms with Crippen LogP contribution < -0.4 is 4.74 Å². The van der Waals surface area contributed by atoms with Crippen molar-refractivity contribution < 1.29 is 14.3 Å². The van der Waals surface area contributed by atoms with Gasteiger partial charge in [0.05, 0.1) is 7.11 Å². The van der Waals surface area contributed by atoms with E-state index in [-0.39, 0.29) is 5.92 Å². The maximum Gasteiger partial charge on any atom is 0.140 e. The van der Waals surface area contributed by atoms with Gasteiger partial charge in [0, 0.05) is 25.6 Å². The van der Waals surface area contributed by atoms with Gasteiger partial charge in [-0.2, -0.15) is 0 Å². The molecule has 1 fully saturated rings. The first-order valence-electron chi connectivity index (χ1n) is 6.03. The minimum Gasteiger partial charge on any atom is -0.497 e. The molecule has 3 nitrogen and oxygen atoms in total. The first-order chi connectivity index (χ1) is 8.29. The normalized spacial score (nSPS) is 16.8. The topological polar surface area (TPSA) is 35.5 Å². The van der Waals surface area contributed by atoms with Gasteiger partial charge in [-0.05, 0) is 30.5 Å². The summed E-state index contributed by atoms with van der Waals surface area (Å²) in [4.78, 5) is 12.0. The summed E-state index contributed by atoms with van der Waals surface area (Å²) >= 11 is 0. The SMILES string of the molecule is COc1ccc(CC(=O)C2CCOCC2)cc1. The number of benzene rings is 1. The number of rotatable bonds is 4. The summed E-state index contributed by atoms with van der Waals surface area (Å²) in [6.45, 7) is 1.44. The van der Waals surface area contributed by atoms with Crippen molar-refractivity contribution in [2.75, 3.05) is 20.3 Å². The van der Waals surface area contributed by atoms with Gasteiger partial charge < -0.3 is 9.47 Å². The monoisotopic (exact) mass is 234 g/mol. The molecule has 92 valence electrons. The second-order valence-corrected chi connectivity index (χ2v) is 4.38. The number of hydrogen-bond donors (Lipinski definition) is 0. The highest BCUT2D eigenvalue weighted by molar-refractivity contribution is 5.83. The second kappa shape index (κ2) is 5.82. The smallest absolute Gasteiger partial charge is 0.140 e. The highest BCUT2D eigenvalue weighted by Gasteiger charge is 2.21. The molecule has 0 aromatic heterocycles. The fraction of sp³-hybridized carbons (Fsp3) is 0.500. The van der Waals surface area contributed by atoms with Crippen molar-refractivity contribution in [2.24, 2.45) is 5.92 Å². The molecule has 0 bridgehead atoms. The van der Waals surface area contributed by atoms with Crippen molar-refractivity contribution in [1.82, 2.24) is 0 Å². The standard InChI is InChI=1S/C14H18O3/c1-16-13-4-2-11(3-5-13)10-14(15)12-6-8-17-9-7-12/h2-5,12H,6-10H2,1H3. The lowest BCUT2D eigenvalue weighted by atomic mass is 9.91. The molecule has 2 rings (SSSR count). The molecule has 0 saturated carbocycles. The lowest BCUT2D eigenvalue weighted by Gasteiger charge is -2.20. The maximum atomic E-state index is 12.0. The number of methoxy groups -OCH3 is 1. The van der Waals surface area contributed by atoms with Gasteiger partial charge in [-0.1, -0.05) is 12.1 Å². The lowest BCUT2D eigenvalue weighted by molar-refractivity contribution is -0.125. The summed E-state index contributed by atoms with van der Waals surface area (Å²) in [5.41, 5.74) is 1.06. The Morgan fingerprint density at radius 3 is 2.53 bits per heavy atom. The Kier molecular flexibility index (Phi) is 4.15. The van der Waals surface area contributed by atoms with E-state index >= 15 is 0 Å². The molecule has 0 amide bonds. The van der Waals surface area contributed by atoms with Gasteiger partial charge in [0.1, 0.15) is 11.5 Å². The van der Waals surface area contributed by atoms with E-state index in [9.17, 15) is 4.79 Å². The molecule has 0 N–H and O–H groups in total. The van der Waals surface area contributed by atoms with Crippen LogP contribution in [0.4, 0.5) is 0 Å². The van der Waals surface area contributed by atoms with Gasteiger partial charge in [-0.3, -0.25) is 4.79 Å². The second-order valence-electron chi connectivity index (χ2n) is 4.38. The Morgan fingerprint density at radius 1 is 1.29 bits per heavy atom. The van der Waals surface area contributed by atoms with Crippen molar-refractivity contribution in [2.45, 2.75) is 19.3 Å². The van der Waals surface area contributed by atoms with Crippen LogP contribution in [0, 0.1) is 5.92 Å². The van der Waals surface area contributed by atoms with Crippen molar-refractivity contribution in [3.63, 3.8) is 0 Å². The molecule has 0 atom stereocenters. The quantitative estimate of drug-likeness (QED) is 0.801. The molecular formula is C14H18O3. The average molecular weight is 234 g/mol. The molecule has 3 heteroatoms. The Labute approximate surface area is 102 Å². The molecule has 17 heavy (non-hydrogen) atoms. The van der Waals surface area contributed by atoms with Gasteiger partial charge in [0.2, 0.25) is 0 Å². The number of carbonyl (C=O) groups excluding carboxylic acids is 1. The van der Waals surface area contributed by atoms with Crippen molar-refractivity contribution >= 4 is 5.78 Å². The van der Waals surface area contributed by atoms with E-state index in [0.717, 1.165) is 37.4 Å². The van der Waals surface area contributed by atoms with E-state index in [1.54, 1.807) is 7.11 Å². The number of Topliss-reactive ketones (excluding diaryl/α,β-unsaturated/α-hetero) is 1. The third-order valence-electron chi connectivity index (χ3n) is 3.21. The minimum absolute atomic E-state index is 0.186. The zero-order valence-electron chi connectivity index (χ0n) is 10.1. The van der Waals surface area contributed by atoms with Crippen LogP contribution >= 0.6 is 0 Å². The third kappa shape index (κ3) is 3.30. The molecule has 0 radical (unpaired) electrons. The molecule has 1 aromatic carbocycles. The molecular weight excluding hydrogens is 216 g/mol. The van der Waals surface area contributed by atoms with Crippen LogP contribution in [0.2, 0.25) is 0 Å². The largest absolute Gasteiger partial charge is 0.497 e. The first kappa shape index (κ1) is 12.1. The van der Waals surface area contributed by atoms with E-state index in [1.165, 1.54) is 0 Å². The molecule has 1 saturated heterocycles. The highest BCUT2D eigenvalue weighted by atomic mass is 16.5. The average Bonchev–Trinajstić information content (AvgIpc) is 2.40. The van der Waals surface area contributed by atoms with Crippen molar-refractivity contribution in [1.29, 1.82) is 0 Å². The van der Waals surface area contributed by atoms with E-state index in [2.05, 4.69) is 0 Å². The number of ether oxygens (including phenoxy) is 2. The highest BCUT2D eigenvalue weighted by Crippen LogP contribution is 2.19. The summed E-state index contributed by atoms with van der Waals surface area (Å²) in [6.07, 6.45) is 2.26. The fourth-order valence-electron chi connectivity index (χ4n) is 2.11. The van der Waals surface area contributed by atoms with Crippen LogP contribution in [0.1, 0.15) is 18.4 Å². The Hall–Kier alpha value is -1.35. The van der Waals surface area contributed by atoms with Crippen LogP contribution in [0.15, 0.2) is 24.3 Å². The Balaban J connectivity index is 1.92. The van der Waals surface area contributed by atoms with Gasteiger partial charge >= 0.3 is 0 Å². The molecule has 0 unspecified atom stereocenters. The van der Waals surface area contributed by atoms with Crippen LogP contribution in [0.5, 0.6) is 5.75 Å². The Morgan fingerprint density at radius 2 is 1.94 bits per heavy atom. The summed E-state index contributed by atoms with van der Waals surface area (Å²) in [5, 5.41) is 0. The van der Waals surface area contributed by atoms with Gasteiger partial charge in [0.15, 0.2) is 0 Å².